The standard InChI is InChI=1S/C13H13NO.C6H6.C3H5NS.C2H7N/c1-9-12-5-10(7-14)3-4-11(12)6-13(9,2)8-15;1-2-4-6-5-3-1;1-4-2-3-5;1-3-2/h3-5,8-9H,6H2,1-2H3;1-6H;2-3,5H,1H2;3H,1-2H3/b;;3-2-;/t9-,13+;;;/m0.../s1. The van der Waals surface area contributed by atoms with Crippen LogP contribution in [0.25, 0.3) is 0 Å². The van der Waals surface area contributed by atoms with Crippen molar-refractivity contribution in [2.45, 2.75) is 26.2 Å². The van der Waals surface area contributed by atoms with Gasteiger partial charge in [0.25, 0.3) is 0 Å². The second-order valence-corrected chi connectivity index (χ2v) is 6.98. The lowest BCUT2D eigenvalue weighted by molar-refractivity contribution is -0.115. The summed E-state index contributed by atoms with van der Waals surface area (Å²) in [7, 11) is 3.75. The summed E-state index contributed by atoms with van der Waals surface area (Å²) in [5.41, 5.74) is 2.74. The molecule has 29 heavy (non-hydrogen) atoms. The number of carbonyl (C=O) groups is 1. The molecule has 1 N–H and O–H groups in total. The van der Waals surface area contributed by atoms with Crippen molar-refractivity contribution in [3.05, 3.63) is 82.9 Å². The van der Waals surface area contributed by atoms with E-state index in [1.54, 1.807) is 0 Å². The van der Waals surface area contributed by atoms with Crippen molar-refractivity contribution in [1.29, 1.82) is 5.26 Å². The molecule has 2 aromatic carbocycles. The minimum Gasteiger partial charge on any atom is -0.323 e. The van der Waals surface area contributed by atoms with Gasteiger partial charge in [0.05, 0.1) is 11.6 Å². The molecular formula is C24H31N3OS. The third-order valence-corrected chi connectivity index (χ3v) is 4.54. The highest BCUT2D eigenvalue weighted by Crippen LogP contribution is 2.45. The van der Waals surface area contributed by atoms with E-state index in [9.17, 15) is 4.79 Å². The molecule has 0 radical (unpaired) electrons. The number of nitrogens with one attached hydrogen (secondary N) is 1. The molecular weight excluding hydrogens is 378 g/mol. The molecule has 0 aliphatic heterocycles. The molecule has 1 aliphatic carbocycles. The summed E-state index contributed by atoms with van der Waals surface area (Å²) in [5.74, 6) is 0.207. The first kappa shape index (κ1) is 26.3. The zero-order valence-electron chi connectivity index (χ0n) is 17.7. The Morgan fingerprint density at radius 3 is 2.10 bits per heavy atom. The van der Waals surface area contributed by atoms with E-state index < -0.39 is 0 Å². The van der Waals surface area contributed by atoms with Crippen LogP contribution < -0.4 is 5.32 Å². The average molecular weight is 410 g/mol. The smallest absolute Gasteiger partial charge is 0.126 e. The van der Waals surface area contributed by atoms with Crippen LogP contribution in [0.5, 0.6) is 0 Å². The minimum absolute atomic E-state index is 0.207. The number of hydrogen-bond acceptors (Lipinski definition) is 5. The van der Waals surface area contributed by atoms with E-state index in [0.29, 0.717) is 5.56 Å². The lowest BCUT2D eigenvalue weighted by atomic mass is 9.80. The molecule has 0 spiro atoms. The Hall–Kier alpha value is -2.68. The van der Waals surface area contributed by atoms with Gasteiger partial charge in [-0.25, -0.2) is 0 Å². The Balaban J connectivity index is 0.000000461. The summed E-state index contributed by atoms with van der Waals surface area (Å²) in [6, 6.07) is 19.8. The van der Waals surface area contributed by atoms with Crippen LogP contribution in [0.1, 0.15) is 36.5 Å². The topological polar surface area (TPSA) is 65.2 Å². The van der Waals surface area contributed by atoms with E-state index in [4.69, 9.17) is 5.26 Å². The fraction of sp³-hybridized carbons (Fsp3) is 0.292. The second-order valence-electron chi connectivity index (χ2n) is 6.68. The van der Waals surface area contributed by atoms with Gasteiger partial charge in [0.2, 0.25) is 0 Å². The summed E-state index contributed by atoms with van der Waals surface area (Å²) < 4.78 is 0. The fourth-order valence-corrected chi connectivity index (χ4v) is 2.82. The molecule has 0 unspecified atom stereocenters. The lowest BCUT2D eigenvalue weighted by Gasteiger charge is -2.21. The largest absolute Gasteiger partial charge is 0.323 e. The fourth-order valence-electron chi connectivity index (χ4n) is 2.72. The molecule has 2 atom stereocenters. The number of benzene rings is 2. The number of aliphatic imine (C=N–C) groups is 1. The van der Waals surface area contributed by atoms with Gasteiger partial charge in [0.15, 0.2) is 0 Å². The predicted molar refractivity (Wildman–Crippen MR) is 127 cm³/mol. The van der Waals surface area contributed by atoms with Crippen LogP contribution in [-0.4, -0.2) is 27.1 Å². The molecule has 154 valence electrons. The van der Waals surface area contributed by atoms with Crippen LogP contribution in [-0.2, 0) is 11.2 Å². The van der Waals surface area contributed by atoms with E-state index in [1.165, 1.54) is 17.2 Å². The summed E-state index contributed by atoms with van der Waals surface area (Å²) in [5, 5.41) is 13.1. The Bertz CT molecular complexity index is 773. The van der Waals surface area contributed by atoms with Gasteiger partial charge in [0, 0.05) is 11.6 Å². The number of aldehydes is 1. The van der Waals surface area contributed by atoms with Gasteiger partial charge in [-0.05, 0) is 61.8 Å². The Morgan fingerprint density at radius 1 is 1.24 bits per heavy atom. The van der Waals surface area contributed by atoms with Crippen molar-refractivity contribution < 1.29 is 4.79 Å². The highest BCUT2D eigenvalue weighted by Gasteiger charge is 2.39. The van der Waals surface area contributed by atoms with Gasteiger partial charge in [-0.3, -0.25) is 4.99 Å². The molecule has 3 rings (SSSR count). The molecule has 4 nitrogen and oxygen atoms in total. The summed E-state index contributed by atoms with van der Waals surface area (Å²) in [6.45, 7) is 7.20. The lowest BCUT2D eigenvalue weighted by Crippen LogP contribution is -2.21. The first-order valence-corrected chi connectivity index (χ1v) is 9.78. The Morgan fingerprint density at radius 2 is 1.76 bits per heavy atom. The third kappa shape index (κ3) is 9.38. The number of nitriles is 1. The summed E-state index contributed by atoms with van der Waals surface area (Å²) in [4.78, 5) is 14.4. The molecule has 0 bridgehead atoms. The van der Waals surface area contributed by atoms with Crippen molar-refractivity contribution in [1.82, 2.24) is 5.32 Å². The minimum atomic E-state index is -0.295. The van der Waals surface area contributed by atoms with Gasteiger partial charge < -0.3 is 10.1 Å². The molecule has 0 saturated carbocycles. The van der Waals surface area contributed by atoms with Crippen LogP contribution in [0.15, 0.2) is 71.2 Å². The zero-order chi connectivity index (χ0) is 22.1. The van der Waals surface area contributed by atoms with Crippen LogP contribution in [0.3, 0.4) is 0 Å². The number of nitrogens with zero attached hydrogens (tertiary/aromatic N) is 2. The highest BCUT2D eigenvalue weighted by atomic mass is 32.1. The number of thiol groups is 1. The molecule has 5 heteroatoms. The molecule has 2 aromatic rings. The third-order valence-electron chi connectivity index (χ3n) is 4.41. The van der Waals surface area contributed by atoms with E-state index in [0.717, 1.165) is 18.3 Å². The van der Waals surface area contributed by atoms with E-state index >= 15 is 0 Å². The van der Waals surface area contributed by atoms with E-state index in [2.05, 4.69) is 42.6 Å². The highest BCUT2D eigenvalue weighted by molar-refractivity contribution is 7.83. The zero-order valence-corrected chi connectivity index (χ0v) is 18.6. The maximum absolute atomic E-state index is 11.1. The number of rotatable bonds is 2. The molecule has 1 aliphatic rings. The maximum Gasteiger partial charge on any atom is 0.126 e. The first-order valence-electron chi connectivity index (χ1n) is 9.26. The van der Waals surface area contributed by atoms with Crippen molar-refractivity contribution in [3.63, 3.8) is 0 Å². The Labute approximate surface area is 180 Å². The maximum atomic E-state index is 11.1. The molecule has 0 fully saturated rings. The predicted octanol–water partition coefficient (Wildman–Crippen LogP) is 5.03. The van der Waals surface area contributed by atoms with Crippen LogP contribution in [0.4, 0.5) is 0 Å². The molecule has 0 saturated heterocycles. The average Bonchev–Trinajstić information content (AvgIpc) is 3.02. The van der Waals surface area contributed by atoms with Crippen LogP contribution >= 0.6 is 12.6 Å². The van der Waals surface area contributed by atoms with E-state index in [-0.39, 0.29) is 11.3 Å². The summed E-state index contributed by atoms with van der Waals surface area (Å²) >= 11 is 3.69. The monoisotopic (exact) mass is 409 g/mol. The van der Waals surface area contributed by atoms with Gasteiger partial charge in [0.1, 0.15) is 6.29 Å². The Kier molecular flexibility index (Phi) is 13.9. The van der Waals surface area contributed by atoms with Crippen molar-refractivity contribution >= 4 is 25.6 Å². The van der Waals surface area contributed by atoms with Crippen molar-refractivity contribution in [3.8, 4) is 6.07 Å². The normalized spacial score (nSPS) is 18.4. The van der Waals surface area contributed by atoms with Gasteiger partial charge in [-0.15, -0.1) is 12.6 Å². The number of carbonyl (C=O) groups excluding carboxylic acids is 1. The molecule has 0 amide bonds. The van der Waals surface area contributed by atoms with Gasteiger partial charge in [-0.2, -0.15) is 5.26 Å². The molecule has 0 aromatic heterocycles. The SMILES string of the molecule is C=N/C=C\S.CNC.C[C@H]1c2cc(C#N)ccc2C[C@]1(C)C=O.c1ccccc1. The van der Waals surface area contributed by atoms with E-state index in [1.807, 2.05) is 75.6 Å². The summed E-state index contributed by atoms with van der Waals surface area (Å²) in [6.07, 6.45) is 3.34. The molecule has 0 heterocycles. The second kappa shape index (κ2) is 15.3. The van der Waals surface area contributed by atoms with Gasteiger partial charge >= 0.3 is 0 Å². The quantitative estimate of drug-likeness (QED) is 0.415. The van der Waals surface area contributed by atoms with Crippen molar-refractivity contribution in [2.24, 2.45) is 10.4 Å². The van der Waals surface area contributed by atoms with Crippen LogP contribution in [0, 0.1) is 16.7 Å². The first-order chi connectivity index (χ1) is 13.9. The number of hydrogen-bond donors (Lipinski definition) is 2. The number of fused-ring (bicyclic) bond motifs is 1. The van der Waals surface area contributed by atoms with Crippen LogP contribution in [0.2, 0.25) is 0 Å². The van der Waals surface area contributed by atoms with Gasteiger partial charge in [-0.1, -0.05) is 56.3 Å². The van der Waals surface area contributed by atoms with Crippen molar-refractivity contribution in [2.75, 3.05) is 14.1 Å².